The monoisotopic (exact) mass is 289 g/mol. The van der Waals surface area contributed by atoms with Gasteiger partial charge in [-0.05, 0) is 43.4 Å². The maximum Gasteiger partial charge on any atom is 0.404 e. The molecule has 0 spiro atoms. The highest BCUT2D eigenvalue weighted by molar-refractivity contribution is 5.64. The number of aliphatic hydroxyl groups excluding tert-OH is 1. The summed E-state index contributed by atoms with van der Waals surface area (Å²) in [6.07, 6.45) is 0.876. The Labute approximate surface area is 123 Å². The number of carboxylic acid groups (broad SMARTS) is 1. The van der Waals surface area contributed by atoms with Crippen molar-refractivity contribution in [1.29, 1.82) is 0 Å². The number of carbonyl (C=O) groups is 1. The smallest absolute Gasteiger partial charge is 0.404 e. The highest BCUT2D eigenvalue weighted by Crippen LogP contribution is 2.30. The van der Waals surface area contributed by atoms with E-state index in [0.717, 1.165) is 12.0 Å². The molecule has 4 N–H and O–H groups in total. The number of rotatable bonds is 4. The number of nitrogens with one attached hydrogen (secondary N) is 1. The first-order valence-electron chi connectivity index (χ1n) is 6.99. The Morgan fingerprint density at radius 1 is 1.43 bits per heavy atom. The van der Waals surface area contributed by atoms with E-state index in [4.69, 9.17) is 5.11 Å². The van der Waals surface area contributed by atoms with Gasteiger partial charge in [-0.2, -0.15) is 0 Å². The van der Waals surface area contributed by atoms with Crippen molar-refractivity contribution in [2.45, 2.75) is 37.4 Å². The molecule has 1 saturated carbocycles. The summed E-state index contributed by atoms with van der Waals surface area (Å²) in [6.45, 7) is 0.187. The van der Waals surface area contributed by atoms with Crippen molar-refractivity contribution in [2.24, 2.45) is 0 Å². The van der Waals surface area contributed by atoms with Crippen molar-refractivity contribution in [2.75, 3.05) is 6.54 Å². The molecule has 5 nitrogen and oxygen atoms in total. The first kappa shape index (κ1) is 15.4. The minimum absolute atomic E-state index is 0.187. The quantitative estimate of drug-likeness (QED) is 0.634. The Kier molecular flexibility index (Phi) is 4.84. The Morgan fingerprint density at radius 2 is 2.19 bits per heavy atom. The second kappa shape index (κ2) is 6.61. The van der Waals surface area contributed by atoms with Crippen LogP contribution >= 0.6 is 0 Å². The van der Waals surface area contributed by atoms with Gasteiger partial charge in [-0.3, -0.25) is 0 Å². The summed E-state index contributed by atoms with van der Waals surface area (Å²) >= 11 is 0. The van der Waals surface area contributed by atoms with E-state index in [1.807, 2.05) is 6.07 Å². The van der Waals surface area contributed by atoms with Crippen LogP contribution in [0, 0.1) is 11.8 Å². The fourth-order valence-corrected chi connectivity index (χ4v) is 2.13. The fourth-order valence-electron chi connectivity index (χ4n) is 2.13. The van der Waals surface area contributed by atoms with Gasteiger partial charge in [0.05, 0.1) is 6.10 Å². The zero-order chi connectivity index (χ0) is 15.3. The first-order chi connectivity index (χ1) is 9.98. The zero-order valence-corrected chi connectivity index (χ0v) is 11.7. The molecular formula is C16H19NO4. The number of benzene rings is 1. The molecule has 0 aliphatic heterocycles. The van der Waals surface area contributed by atoms with Crippen LogP contribution in [0.4, 0.5) is 4.79 Å². The Morgan fingerprint density at radius 3 is 2.81 bits per heavy atom. The summed E-state index contributed by atoms with van der Waals surface area (Å²) in [5.74, 6) is 5.81. The van der Waals surface area contributed by atoms with Crippen molar-refractivity contribution in [3.05, 3.63) is 35.4 Å². The third kappa shape index (κ3) is 4.48. The minimum atomic E-state index is -1.10. The van der Waals surface area contributed by atoms with Crippen LogP contribution in [0.25, 0.3) is 0 Å². The Bertz CT molecular complexity index is 569. The van der Waals surface area contributed by atoms with Gasteiger partial charge in [-0.25, -0.2) is 4.79 Å². The molecule has 2 rings (SSSR count). The lowest BCUT2D eigenvalue weighted by atomic mass is 9.81. The normalized spacial score (nSPS) is 17.0. The largest absolute Gasteiger partial charge is 0.465 e. The lowest BCUT2D eigenvalue weighted by Crippen LogP contribution is -2.34. The van der Waals surface area contributed by atoms with Crippen LogP contribution in [0.15, 0.2) is 24.3 Å². The maximum atomic E-state index is 10.3. The van der Waals surface area contributed by atoms with E-state index in [0.29, 0.717) is 24.8 Å². The third-order valence-electron chi connectivity index (χ3n) is 3.59. The molecule has 112 valence electrons. The molecule has 21 heavy (non-hydrogen) atoms. The molecule has 1 unspecified atom stereocenters. The van der Waals surface area contributed by atoms with Crippen LogP contribution < -0.4 is 5.32 Å². The topological polar surface area (TPSA) is 89.8 Å². The zero-order valence-electron chi connectivity index (χ0n) is 11.7. The van der Waals surface area contributed by atoms with Crippen molar-refractivity contribution in [1.82, 2.24) is 5.32 Å². The molecule has 0 aromatic heterocycles. The summed E-state index contributed by atoms with van der Waals surface area (Å²) in [6, 6.07) is 7.15. The van der Waals surface area contributed by atoms with Crippen molar-refractivity contribution >= 4 is 6.09 Å². The first-order valence-corrected chi connectivity index (χ1v) is 6.99. The predicted molar refractivity (Wildman–Crippen MR) is 77.7 cm³/mol. The van der Waals surface area contributed by atoms with Gasteiger partial charge >= 0.3 is 6.09 Å². The number of hydrogen-bond acceptors (Lipinski definition) is 3. The van der Waals surface area contributed by atoms with Gasteiger partial charge in [0.2, 0.25) is 0 Å². The highest BCUT2D eigenvalue weighted by atomic mass is 16.4. The number of hydrogen-bond donors (Lipinski definition) is 4. The van der Waals surface area contributed by atoms with E-state index < -0.39 is 17.8 Å². The molecule has 1 atom stereocenters. The standard InChI is InChI=1S/C16H19NO4/c18-14(6-10-17-15(19)20)13-4-1-3-12(11-13)5-9-16(21)7-2-8-16/h1,3-4,11,14,17-18,21H,2,6-8,10H2,(H,19,20). The number of amides is 1. The van der Waals surface area contributed by atoms with E-state index in [1.54, 1.807) is 18.2 Å². The van der Waals surface area contributed by atoms with Gasteiger partial charge < -0.3 is 20.6 Å². The van der Waals surface area contributed by atoms with E-state index in [9.17, 15) is 15.0 Å². The van der Waals surface area contributed by atoms with E-state index in [-0.39, 0.29) is 6.54 Å². The van der Waals surface area contributed by atoms with Gasteiger partial charge in [0.15, 0.2) is 0 Å². The molecule has 0 saturated heterocycles. The van der Waals surface area contributed by atoms with Crippen molar-refractivity contribution < 1.29 is 20.1 Å². The van der Waals surface area contributed by atoms with Crippen LogP contribution in [-0.4, -0.2) is 33.6 Å². The van der Waals surface area contributed by atoms with Gasteiger partial charge in [0, 0.05) is 12.1 Å². The summed E-state index contributed by atoms with van der Waals surface area (Å²) in [5.41, 5.74) is 0.577. The van der Waals surface area contributed by atoms with Crippen molar-refractivity contribution in [3.8, 4) is 11.8 Å². The number of aliphatic hydroxyl groups is 2. The average molecular weight is 289 g/mol. The molecule has 1 aromatic carbocycles. The van der Waals surface area contributed by atoms with Crippen LogP contribution in [0.1, 0.15) is 42.9 Å². The molecule has 0 bridgehead atoms. The van der Waals surface area contributed by atoms with E-state index in [1.165, 1.54) is 0 Å². The second-order valence-electron chi connectivity index (χ2n) is 5.30. The summed E-state index contributed by atoms with van der Waals surface area (Å²) < 4.78 is 0. The summed E-state index contributed by atoms with van der Waals surface area (Å²) in [5, 5.41) is 30.6. The molecule has 5 heteroatoms. The molecular weight excluding hydrogens is 270 g/mol. The summed E-state index contributed by atoms with van der Waals surface area (Å²) in [7, 11) is 0. The van der Waals surface area contributed by atoms with Gasteiger partial charge in [-0.15, -0.1) is 0 Å². The predicted octanol–water partition coefficient (Wildman–Crippen LogP) is 1.64. The lowest BCUT2D eigenvalue weighted by molar-refractivity contribution is 0.0240. The van der Waals surface area contributed by atoms with E-state index >= 15 is 0 Å². The van der Waals surface area contributed by atoms with Crippen LogP contribution in [0.2, 0.25) is 0 Å². The van der Waals surface area contributed by atoms with Gasteiger partial charge in [-0.1, -0.05) is 24.0 Å². The SMILES string of the molecule is O=C(O)NCCC(O)c1cccc(C#CC2(O)CCC2)c1. The molecule has 0 radical (unpaired) electrons. The lowest BCUT2D eigenvalue weighted by Gasteiger charge is -2.30. The molecule has 0 heterocycles. The Balaban J connectivity index is 1.98. The van der Waals surface area contributed by atoms with Crippen LogP contribution in [0.5, 0.6) is 0 Å². The average Bonchev–Trinajstić information content (AvgIpc) is 2.43. The van der Waals surface area contributed by atoms with Gasteiger partial charge in [0.1, 0.15) is 5.60 Å². The molecule has 1 aliphatic rings. The fraction of sp³-hybridized carbons (Fsp3) is 0.438. The highest BCUT2D eigenvalue weighted by Gasteiger charge is 2.32. The molecule has 1 amide bonds. The molecule has 1 aromatic rings. The third-order valence-corrected chi connectivity index (χ3v) is 3.59. The Hall–Kier alpha value is -2.03. The molecule has 1 aliphatic carbocycles. The second-order valence-corrected chi connectivity index (χ2v) is 5.30. The van der Waals surface area contributed by atoms with E-state index in [2.05, 4.69) is 17.2 Å². The summed E-state index contributed by atoms with van der Waals surface area (Å²) in [4.78, 5) is 10.3. The van der Waals surface area contributed by atoms with Gasteiger partial charge in [0.25, 0.3) is 0 Å². The maximum absolute atomic E-state index is 10.3. The minimum Gasteiger partial charge on any atom is -0.465 e. The molecule has 1 fully saturated rings. The van der Waals surface area contributed by atoms with Crippen molar-refractivity contribution in [3.63, 3.8) is 0 Å². The van der Waals surface area contributed by atoms with Crippen LogP contribution in [-0.2, 0) is 0 Å². The van der Waals surface area contributed by atoms with Crippen LogP contribution in [0.3, 0.4) is 0 Å².